The molecule has 0 spiro atoms. The third-order valence-corrected chi connectivity index (χ3v) is 4.90. The van der Waals surface area contributed by atoms with Gasteiger partial charge < -0.3 is 0 Å². The summed E-state index contributed by atoms with van der Waals surface area (Å²) in [6.45, 7) is 7.80. The molecular formula is C21H25N7O3. The molecule has 2 aliphatic heterocycles. The van der Waals surface area contributed by atoms with Crippen LogP contribution in [0, 0.1) is 0 Å². The average Bonchev–Trinajstić information content (AvgIpc) is 3.12. The Kier molecular flexibility index (Phi) is 6.00. The largest absolute Gasteiger partial charge is 0.284 e. The molecule has 1 fully saturated rings. The molecule has 0 unspecified atom stereocenters. The minimum Gasteiger partial charge on any atom is -0.267 e. The standard InChI is InChI=1S/C12H13N3O2.C9H12N4O/c1-8(2)10-11(16)14(3)15(12(10)17)9-6-4-5-7-13-9;1-6(2)7-8-11-4-10-5-13(8)12(3)9(7)14/h4-7H,1-3H3;4H,5H2,1-3H3. The van der Waals surface area contributed by atoms with Gasteiger partial charge in [0.15, 0.2) is 11.3 Å². The summed E-state index contributed by atoms with van der Waals surface area (Å²) in [6.07, 6.45) is 3.09. The number of hydrogen-bond donors (Lipinski definition) is 0. The Labute approximate surface area is 179 Å². The van der Waals surface area contributed by atoms with Crippen molar-refractivity contribution in [2.24, 2.45) is 17.0 Å². The quantitative estimate of drug-likeness (QED) is 0.480. The van der Waals surface area contributed by atoms with Gasteiger partial charge in [-0.05, 0) is 39.8 Å². The van der Waals surface area contributed by atoms with Gasteiger partial charge in [-0.2, -0.15) is 5.01 Å². The highest BCUT2D eigenvalue weighted by molar-refractivity contribution is 6.29. The molecule has 162 valence electrons. The first-order valence-corrected chi connectivity index (χ1v) is 9.67. The average molecular weight is 423 g/mol. The monoisotopic (exact) mass is 423 g/mol. The number of likely N-dealkylation sites (N-methyl/N-ethyl adjacent to an activating group) is 1. The minimum absolute atomic E-state index is 0.00532. The number of aromatic nitrogens is 3. The fourth-order valence-corrected chi connectivity index (χ4v) is 3.33. The summed E-state index contributed by atoms with van der Waals surface area (Å²) in [7, 11) is 3.29. The minimum atomic E-state index is -0.323. The third kappa shape index (κ3) is 3.83. The van der Waals surface area contributed by atoms with Crippen molar-refractivity contribution in [2.75, 3.05) is 12.1 Å². The molecule has 0 aliphatic carbocycles. The highest BCUT2D eigenvalue weighted by Crippen LogP contribution is 2.25. The Hall–Kier alpha value is -3.82. The van der Waals surface area contributed by atoms with E-state index in [0.717, 1.165) is 5.57 Å². The van der Waals surface area contributed by atoms with Crippen LogP contribution in [0.2, 0.25) is 0 Å². The van der Waals surface area contributed by atoms with E-state index in [1.54, 1.807) is 61.7 Å². The number of rotatable bonds is 1. The zero-order chi connectivity index (χ0) is 22.9. The normalized spacial score (nSPS) is 14.8. The Bertz CT molecular complexity index is 1270. The first-order valence-electron chi connectivity index (χ1n) is 9.67. The van der Waals surface area contributed by atoms with E-state index in [2.05, 4.69) is 15.0 Å². The van der Waals surface area contributed by atoms with E-state index in [0.29, 0.717) is 28.8 Å². The van der Waals surface area contributed by atoms with E-state index in [4.69, 9.17) is 0 Å². The molecule has 0 saturated carbocycles. The number of amides is 2. The zero-order valence-corrected chi connectivity index (χ0v) is 18.4. The van der Waals surface area contributed by atoms with Crippen LogP contribution in [-0.4, -0.2) is 44.6 Å². The van der Waals surface area contributed by atoms with Crippen molar-refractivity contribution in [1.29, 1.82) is 0 Å². The third-order valence-electron chi connectivity index (χ3n) is 4.90. The number of carbonyl (C=O) groups excluding carboxylic acids is 2. The zero-order valence-electron chi connectivity index (χ0n) is 18.4. The van der Waals surface area contributed by atoms with Crippen LogP contribution in [0.5, 0.6) is 0 Å². The number of allylic oxidation sites excluding steroid dienone is 1. The summed E-state index contributed by atoms with van der Waals surface area (Å²) in [4.78, 5) is 48.1. The highest BCUT2D eigenvalue weighted by Gasteiger charge is 2.40. The number of pyridine rings is 1. The van der Waals surface area contributed by atoms with Crippen LogP contribution >= 0.6 is 0 Å². The molecule has 10 nitrogen and oxygen atoms in total. The van der Waals surface area contributed by atoms with Crippen LogP contribution in [-0.2, 0) is 23.3 Å². The second kappa shape index (κ2) is 8.50. The molecule has 2 aliphatic rings. The van der Waals surface area contributed by atoms with Crippen molar-refractivity contribution >= 4 is 29.5 Å². The molecule has 4 rings (SSSR count). The smallest absolute Gasteiger partial charge is 0.267 e. The van der Waals surface area contributed by atoms with Crippen LogP contribution in [0.1, 0.15) is 27.7 Å². The summed E-state index contributed by atoms with van der Waals surface area (Å²) in [5.74, 6) is -0.165. The van der Waals surface area contributed by atoms with Gasteiger partial charge in [-0.3, -0.25) is 14.4 Å². The number of hydrazine groups is 1. The van der Waals surface area contributed by atoms with Crippen molar-refractivity contribution in [3.63, 3.8) is 0 Å². The van der Waals surface area contributed by atoms with Crippen LogP contribution in [0.15, 0.2) is 50.3 Å². The van der Waals surface area contributed by atoms with E-state index in [1.807, 2.05) is 13.8 Å². The van der Waals surface area contributed by atoms with Gasteiger partial charge in [0.25, 0.3) is 17.4 Å². The first kappa shape index (κ1) is 21.9. The summed E-state index contributed by atoms with van der Waals surface area (Å²) < 4.78 is 3.32. The fourth-order valence-electron chi connectivity index (χ4n) is 3.33. The molecule has 10 heteroatoms. The van der Waals surface area contributed by atoms with Gasteiger partial charge >= 0.3 is 0 Å². The number of anilines is 1. The van der Waals surface area contributed by atoms with Crippen LogP contribution in [0.25, 0.3) is 5.57 Å². The van der Waals surface area contributed by atoms with Gasteiger partial charge in [-0.1, -0.05) is 17.2 Å². The second-order valence-corrected chi connectivity index (χ2v) is 7.50. The number of hydrogen-bond acceptors (Lipinski definition) is 6. The van der Waals surface area contributed by atoms with Crippen molar-refractivity contribution in [2.45, 2.75) is 34.4 Å². The van der Waals surface area contributed by atoms with Crippen LogP contribution in [0.3, 0.4) is 0 Å². The van der Waals surface area contributed by atoms with Crippen LogP contribution < -0.4 is 21.3 Å². The summed E-state index contributed by atoms with van der Waals surface area (Å²) in [5.41, 5.74) is 2.63. The number of carbonyl (C=O) groups is 2. The molecule has 2 aromatic rings. The summed E-state index contributed by atoms with van der Waals surface area (Å²) in [5, 5.41) is 3.26. The van der Waals surface area contributed by atoms with Crippen molar-refractivity contribution in [3.8, 4) is 0 Å². The van der Waals surface area contributed by atoms with Gasteiger partial charge in [-0.25, -0.2) is 29.3 Å². The Balaban J connectivity index is 0.000000179. The molecule has 4 heterocycles. The lowest BCUT2D eigenvalue weighted by Crippen LogP contribution is -2.38. The van der Waals surface area contributed by atoms with Gasteiger partial charge in [0.1, 0.15) is 18.6 Å². The molecule has 31 heavy (non-hydrogen) atoms. The second-order valence-electron chi connectivity index (χ2n) is 7.50. The Morgan fingerprint density at radius 3 is 2.23 bits per heavy atom. The first-order chi connectivity index (χ1) is 14.7. The number of aliphatic imine (C=N–C) groups is 1. The fraction of sp³-hybridized carbons (Fsp3) is 0.333. The van der Waals surface area contributed by atoms with Gasteiger partial charge in [0.2, 0.25) is 0 Å². The van der Waals surface area contributed by atoms with Gasteiger partial charge in [0.05, 0.1) is 5.22 Å². The highest BCUT2D eigenvalue weighted by atomic mass is 16.2. The molecule has 1 saturated heterocycles. The number of nitrogens with zero attached hydrogens (tertiary/aromatic N) is 7. The summed E-state index contributed by atoms with van der Waals surface area (Å²) in [6, 6.07) is 5.22. The van der Waals surface area contributed by atoms with E-state index in [1.165, 1.54) is 16.4 Å². The van der Waals surface area contributed by atoms with Crippen LogP contribution in [0.4, 0.5) is 5.82 Å². The number of fused-ring (bicyclic) bond motifs is 1. The summed E-state index contributed by atoms with van der Waals surface area (Å²) >= 11 is 0. The topological polar surface area (TPSA) is 105 Å². The van der Waals surface area contributed by atoms with Crippen molar-refractivity contribution < 1.29 is 9.59 Å². The van der Waals surface area contributed by atoms with Gasteiger partial charge in [0, 0.05) is 20.3 Å². The van der Waals surface area contributed by atoms with E-state index < -0.39 is 0 Å². The molecule has 2 amide bonds. The van der Waals surface area contributed by atoms with Gasteiger partial charge in [-0.15, -0.1) is 0 Å². The van der Waals surface area contributed by atoms with E-state index in [-0.39, 0.29) is 22.9 Å². The molecule has 0 aromatic carbocycles. The molecule has 2 aromatic heterocycles. The maximum atomic E-state index is 12.1. The molecule has 0 bridgehead atoms. The maximum Gasteiger partial charge on any atom is 0.284 e. The molecule has 0 N–H and O–H groups in total. The Morgan fingerprint density at radius 1 is 0.968 bits per heavy atom. The lowest BCUT2D eigenvalue weighted by atomic mass is 10.1. The lowest BCUT2D eigenvalue weighted by molar-refractivity contribution is -0.124. The van der Waals surface area contributed by atoms with E-state index in [9.17, 15) is 14.4 Å². The van der Waals surface area contributed by atoms with Crippen molar-refractivity contribution in [3.05, 3.63) is 56.6 Å². The molecule has 0 atom stereocenters. The van der Waals surface area contributed by atoms with E-state index >= 15 is 0 Å². The predicted octanol–water partition coefficient (Wildman–Crippen LogP) is 0.134. The molecular weight excluding hydrogens is 398 g/mol. The lowest BCUT2D eigenvalue weighted by Gasteiger charge is -2.21. The predicted molar refractivity (Wildman–Crippen MR) is 117 cm³/mol. The Morgan fingerprint density at radius 2 is 1.68 bits per heavy atom. The molecule has 0 radical (unpaired) electrons. The van der Waals surface area contributed by atoms with Crippen molar-refractivity contribution in [1.82, 2.24) is 19.4 Å². The SMILES string of the molecule is CC(C)=C1C(=O)N(C)N(c2ccccn2)C1=O.CC(C)=c1c(=O)n(C)n2c1=NC=NC2. The maximum absolute atomic E-state index is 12.1.